The predicted molar refractivity (Wildman–Crippen MR) is 93.6 cm³/mol. The highest BCUT2D eigenvalue weighted by atomic mass is 32.2. The summed E-state index contributed by atoms with van der Waals surface area (Å²) in [5, 5.41) is 18.4. The van der Waals surface area contributed by atoms with Gasteiger partial charge in [0.25, 0.3) is 5.69 Å². The Balaban J connectivity index is 1.50. The van der Waals surface area contributed by atoms with Gasteiger partial charge in [-0.1, -0.05) is 23.1 Å². The van der Waals surface area contributed by atoms with Gasteiger partial charge in [0.2, 0.25) is 0 Å². The zero-order valence-corrected chi connectivity index (χ0v) is 14.9. The van der Waals surface area contributed by atoms with Crippen LogP contribution >= 0.6 is 23.1 Å². The molecule has 10 heteroatoms. The Kier molecular flexibility index (Phi) is 5.82. The number of benzene rings is 1. The van der Waals surface area contributed by atoms with Crippen LogP contribution in [0, 0.1) is 10.1 Å². The smallest absolute Gasteiger partial charge is 0.410 e. The molecule has 0 spiro atoms. The molecule has 2 heterocycles. The van der Waals surface area contributed by atoms with Gasteiger partial charge < -0.3 is 9.64 Å². The first-order chi connectivity index (χ1) is 12.1. The second-order valence-corrected chi connectivity index (χ2v) is 7.58. The normalized spacial score (nSPS) is 16.8. The predicted octanol–water partition coefficient (Wildman–Crippen LogP) is 3.34. The molecule has 1 saturated heterocycles. The number of nitrogens with zero attached hydrogens (tertiary/aromatic N) is 4. The maximum absolute atomic E-state index is 12.3. The van der Waals surface area contributed by atoms with Crippen LogP contribution in [0.1, 0.15) is 18.4 Å². The first-order valence-electron chi connectivity index (χ1n) is 7.69. The lowest BCUT2D eigenvalue weighted by atomic mass is 10.2. The van der Waals surface area contributed by atoms with Crippen molar-refractivity contribution in [2.45, 2.75) is 29.8 Å². The Labute approximate surface area is 152 Å². The average molecular weight is 380 g/mol. The molecule has 25 heavy (non-hydrogen) atoms. The maximum atomic E-state index is 12.3. The van der Waals surface area contributed by atoms with Crippen LogP contribution < -0.4 is 0 Å². The Hall–Kier alpha value is -2.20. The standard InChI is InChI=1S/C15H16N4O4S2/c20-15(23-8-11-3-5-12(6-4-11)19(21)22)18-7-1-2-13(18)9-24-14-17-16-10-25-14/h3-6,10,13H,1-2,7-9H2. The van der Waals surface area contributed by atoms with Crippen molar-refractivity contribution >= 4 is 34.9 Å². The molecule has 1 aliphatic rings. The van der Waals surface area contributed by atoms with E-state index in [9.17, 15) is 14.9 Å². The molecule has 1 atom stereocenters. The van der Waals surface area contributed by atoms with Crippen LogP contribution in [0.4, 0.5) is 10.5 Å². The van der Waals surface area contributed by atoms with Crippen molar-refractivity contribution < 1.29 is 14.5 Å². The zero-order valence-electron chi connectivity index (χ0n) is 13.2. The lowest BCUT2D eigenvalue weighted by Gasteiger charge is -2.23. The number of carbonyl (C=O) groups is 1. The van der Waals surface area contributed by atoms with E-state index < -0.39 is 4.92 Å². The number of hydrogen-bond donors (Lipinski definition) is 0. The van der Waals surface area contributed by atoms with Crippen molar-refractivity contribution in [1.82, 2.24) is 15.1 Å². The molecule has 0 saturated carbocycles. The molecule has 0 bridgehead atoms. The number of carbonyl (C=O) groups excluding carboxylic acids is 1. The number of hydrogen-bond acceptors (Lipinski definition) is 8. The molecule has 1 unspecified atom stereocenters. The van der Waals surface area contributed by atoms with E-state index in [1.807, 2.05) is 0 Å². The number of aromatic nitrogens is 2. The Morgan fingerprint density at radius 3 is 2.92 bits per heavy atom. The summed E-state index contributed by atoms with van der Waals surface area (Å²) in [6, 6.07) is 6.12. The van der Waals surface area contributed by atoms with E-state index in [-0.39, 0.29) is 24.4 Å². The third kappa shape index (κ3) is 4.67. The lowest BCUT2D eigenvalue weighted by molar-refractivity contribution is -0.384. The first-order valence-corrected chi connectivity index (χ1v) is 9.55. The van der Waals surface area contributed by atoms with Gasteiger partial charge in [0, 0.05) is 30.5 Å². The molecule has 1 fully saturated rings. The summed E-state index contributed by atoms with van der Waals surface area (Å²) in [5.41, 5.74) is 2.43. The average Bonchev–Trinajstić information content (AvgIpc) is 3.29. The summed E-state index contributed by atoms with van der Waals surface area (Å²) < 4.78 is 6.26. The molecule has 0 radical (unpaired) electrons. The molecular formula is C15H16N4O4S2. The molecule has 2 aromatic rings. The highest BCUT2D eigenvalue weighted by Crippen LogP contribution is 2.27. The van der Waals surface area contributed by atoms with E-state index in [2.05, 4.69) is 10.2 Å². The van der Waals surface area contributed by atoms with E-state index >= 15 is 0 Å². The van der Waals surface area contributed by atoms with Crippen molar-refractivity contribution in [1.29, 1.82) is 0 Å². The molecule has 0 aliphatic carbocycles. The van der Waals surface area contributed by atoms with Gasteiger partial charge in [-0.05, 0) is 30.5 Å². The maximum Gasteiger partial charge on any atom is 0.410 e. The fourth-order valence-corrected chi connectivity index (χ4v) is 4.26. The van der Waals surface area contributed by atoms with Crippen molar-refractivity contribution in [3.05, 3.63) is 45.5 Å². The van der Waals surface area contributed by atoms with Gasteiger partial charge in [0.1, 0.15) is 12.1 Å². The van der Waals surface area contributed by atoms with Crippen LogP contribution in [-0.2, 0) is 11.3 Å². The van der Waals surface area contributed by atoms with Crippen LogP contribution in [0.15, 0.2) is 34.1 Å². The topological polar surface area (TPSA) is 98.5 Å². The van der Waals surface area contributed by atoms with Crippen molar-refractivity contribution in [3.8, 4) is 0 Å². The largest absolute Gasteiger partial charge is 0.445 e. The van der Waals surface area contributed by atoms with Crippen molar-refractivity contribution in [2.75, 3.05) is 12.3 Å². The summed E-state index contributed by atoms with van der Waals surface area (Å²) in [6.07, 6.45) is 1.55. The third-order valence-corrected chi connectivity index (χ3v) is 5.87. The van der Waals surface area contributed by atoms with Crippen LogP contribution in [-0.4, -0.2) is 44.5 Å². The number of nitro groups is 1. The number of amides is 1. The van der Waals surface area contributed by atoms with Gasteiger partial charge in [-0.25, -0.2) is 4.79 Å². The summed E-state index contributed by atoms with van der Waals surface area (Å²) in [4.78, 5) is 24.3. The second kappa shape index (κ2) is 8.26. The number of nitro benzene ring substituents is 1. The van der Waals surface area contributed by atoms with Gasteiger partial charge in [-0.2, -0.15) is 0 Å². The Morgan fingerprint density at radius 1 is 1.44 bits per heavy atom. The van der Waals surface area contributed by atoms with Gasteiger partial charge in [0.15, 0.2) is 4.34 Å². The molecule has 1 aromatic heterocycles. The molecule has 1 amide bonds. The summed E-state index contributed by atoms with van der Waals surface area (Å²) in [7, 11) is 0. The van der Waals surface area contributed by atoms with E-state index in [0.717, 1.165) is 28.5 Å². The fraction of sp³-hybridized carbons (Fsp3) is 0.400. The van der Waals surface area contributed by atoms with E-state index in [1.54, 1.807) is 34.3 Å². The SMILES string of the molecule is O=C(OCc1ccc([N+](=O)[O-])cc1)N1CCCC1CSc1nncs1. The fourth-order valence-electron chi connectivity index (χ4n) is 2.58. The number of rotatable bonds is 6. The first kappa shape index (κ1) is 17.6. The quantitative estimate of drug-likeness (QED) is 0.430. The monoisotopic (exact) mass is 380 g/mol. The van der Waals surface area contributed by atoms with Gasteiger partial charge in [-0.15, -0.1) is 10.2 Å². The Morgan fingerprint density at radius 2 is 2.24 bits per heavy atom. The number of ether oxygens (including phenoxy) is 1. The minimum absolute atomic E-state index is 0.0170. The third-order valence-electron chi connectivity index (χ3n) is 3.86. The number of non-ortho nitro benzene ring substituents is 1. The zero-order chi connectivity index (χ0) is 17.6. The van der Waals surface area contributed by atoms with Crippen molar-refractivity contribution in [3.63, 3.8) is 0 Å². The van der Waals surface area contributed by atoms with Crippen LogP contribution in [0.2, 0.25) is 0 Å². The summed E-state index contributed by atoms with van der Waals surface area (Å²) >= 11 is 3.08. The molecule has 3 rings (SSSR count). The molecule has 132 valence electrons. The molecular weight excluding hydrogens is 364 g/mol. The second-order valence-electron chi connectivity index (χ2n) is 5.48. The van der Waals surface area contributed by atoms with E-state index in [0.29, 0.717) is 6.54 Å². The highest BCUT2D eigenvalue weighted by molar-refractivity contribution is 8.01. The van der Waals surface area contributed by atoms with E-state index in [1.165, 1.54) is 23.5 Å². The van der Waals surface area contributed by atoms with Crippen LogP contribution in [0.25, 0.3) is 0 Å². The van der Waals surface area contributed by atoms with Crippen LogP contribution in [0.3, 0.4) is 0 Å². The number of likely N-dealkylation sites (tertiary alicyclic amines) is 1. The minimum atomic E-state index is -0.458. The molecule has 1 aromatic carbocycles. The molecule has 0 N–H and O–H groups in total. The molecule has 1 aliphatic heterocycles. The van der Waals surface area contributed by atoms with Crippen molar-refractivity contribution in [2.24, 2.45) is 0 Å². The Bertz CT molecular complexity index is 724. The minimum Gasteiger partial charge on any atom is -0.445 e. The van der Waals surface area contributed by atoms with Gasteiger partial charge in [0.05, 0.1) is 4.92 Å². The molecule has 8 nitrogen and oxygen atoms in total. The summed E-state index contributed by atoms with van der Waals surface area (Å²) in [6.45, 7) is 0.782. The van der Waals surface area contributed by atoms with E-state index in [4.69, 9.17) is 4.74 Å². The van der Waals surface area contributed by atoms with Gasteiger partial charge >= 0.3 is 6.09 Å². The summed E-state index contributed by atoms with van der Waals surface area (Å²) in [5.74, 6) is 0.766. The number of thioether (sulfide) groups is 1. The van der Waals surface area contributed by atoms with Crippen LogP contribution in [0.5, 0.6) is 0 Å². The highest BCUT2D eigenvalue weighted by Gasteiger charge is 2.30. The lowest BCUT2D eigenvalue weighted by Crippen LogP contribution is -2.37. The van der Waals surface area contributed by atoms with Gasteiger partial charge in [-0.3, -0.25) is 10.1 Å².